The summed E-state index contributed by atoms with van der Waals surface area (Å²) in [4.78, 5) is 11.0. The second-order valence-corrected chi connectivity index (χ2v) is 2.80. The van der Waals surface area contributed by atoms with Crippen LogP contribution in [0.5, 0.6) is 0 Å². The van der Waals surface area contributed by atoms with Crippen molar-refractivity contribution in [1.82, 2.24) is 0 Å². The summed E-state index contributed by atoms with van der Waals surface area (Å²) in [5.41, 5.74) is 1.41. The standard InChI is InChI=1S/C9H12O2/c1-6-4-3-5-8(11)9(6)7(2)10/h4,11H,3,5H2,1-2H3. The molecule has 0 atom stereocenters. The first kappa shape index (κ1) is 8.05. The molecule has 0 aromatic heterocycles. The molecule has 1 N–H and O–H groups in total. The van der Waals surface area contributed by atoms with E-state index < -0.39 is 0 Å². The largest absolute Gasteiger partial charge is 0.512 e. The summed E-state index contributed by atoms with van der Waals surface area (Å²) in [5.74, 6) is 0.202. The average molecular weight is 152 g/mol. The quantitative estimate of drug-likeness (QED) is 0.625. The van der Waals surface area contributed by atoms with Crippen molar-refractivity contribution in [3.8, 4) is 0 Å². The van der Waals surface area contributed by atoms with Crippen LogP contribution in [-0.2, 0) is 4.79 Å². The topological polar surface area (TPSA) is 37.3 Å². The van der Waals surface area contributed by atoms with Crippen LogP contribution in [0.1, 0.15) is 26.7 Å². The fourth-order valence-electron chi connectivity index (χ4n) is 1.36. The van der Waals surface area contributed by atoms with E-state index in [-0.39, 0.29) is 11.5 Å². The van der Waals surface area contributed by atoms with Gasteiger partial charge in [0.05, 0.1) is 5.57 Å². The van der Waals surface area contributed by atoms with Gasteiger partial charge < -0.3 is 5.11 Å². The number of hydrogen-bond acceptors (Lipinski definition) is 2. The van der Waals surface area contributed by atoms with Gasteiger partial charge in [0.1, 0.15) is 5.76 Å². The summed E-state index contributed by atoms with van der Waals surface area (Å²) in [7, 11) is 0. The molecule has 0 saturated heterocycles. The lowest BCUT2D eigenvalue weighted by molar-refractivity contribution is -0.113. The third-order valence-electron chi connectivity index (χ3n) is 1.87. The molecule has 60 valence electrons. The third-order valence-corrected chi connectivity index (χ3v) is 1.87. The zero-order chi connectivity index (χ0) is 8.43. The highest BCUT2D eigenvalue weighted by Crippen LogP contribution is 2.23. The molecule has 0 radical (unpaired) electrons. The van der Waals surface area contributed by atoms with Gasteiger partial charge in [-0.25, -0.2) is 0 Å². The lowest BCUT2D eigenvalue weighted by Gasteiger charge is -2.12. The average Bonchev–Trinajstić information content (AvgIpc) is 1.85. The van der Waals surface area contributed by atoms with Crippen LogP contribution in [-0.4, -0.2) is 10.9 Å². The van der Waals surface area contributed by atoms with E-state index in [1.54, 1.807) is 0 Å². The Morgan fingerprint density at radius 3 is 2.64 bits per heavy atom. The Kier molecular flexibility index (Phi) is 2.13. The molecule has 0 aromatic carbocycles. The number of Topliss-reactive ketones (excluding diaryl/α,β-unsaturated/α-hetero) is 1. The van der Waals surface area contributed by atoms with Crippen LogP contribution in [0.4, 0.5) is 0 Å². The Balaban J connectivity index is 3.04. The molecule has 1 rings (SSSR count). The van der Waals surface area contributed by atoms with Crippen molar-refractivity contribution in [3.63, 3.8) is 0 Å². The second-order valence-electron chi connectivity index (χ2n) is 2.80. The van der Waals surface area contributed by atoms with E-state index in [2.05, 4.69) is 0 Å². The predicted octanol–water partition coefficient (Wildman–Crippen LogP) is 2.13. The molecule has 0 fully saturated rings. The van der Waals surface area contributed by atoms with Crippen molar-refractivity contribution in [2.45, 2.75) is 26.7 Å². The molecule has 0 unspecified atom stereocenters. The molecular formula is C9H12O2. The highest BCUT2D eigenvalue weighted by molar-refractivity contribution is 5.98. The Bertz CT molecular complexity index is 246. The lowest BCUT2D eigenvalue weighted by Crippen LogP contribution is -2.06. The fourth-order valence-corrected chi connectivity index (χ4v) is 1.36. The minimum atomic E-state index is -0.0454. The zero-order valence-electron chi connectivity index (χ0n) is 6.85. The summed E-state index contributed by atoms with van der Waals surface area (Å²) < 4.78 is 0. The van der Waals surface area contributed by atoms with E-state index in [1.165, 1.54) is 6.92 Å². The smallest absolute Gasteiger partial charge is 0.163 e. The minimum Gasteiger partial charge on any atom is -0.512 e. The van der Waals surface area contributed by atoms with Gasteiger partial charge in [-0.3, -0.25) is 4.79 Å². The third kappa shape index (κ3) is 1.50. The van der Waals surface area contributed by atoms with Gasteiger partial charge >= 0.3 is 0 Å². The molecule has 0 aliphatic heterocycles. The number of allylic oxidation sites excluding steroid dienone is 4. The van der Waals surface area contributed by atoms with Gasteiger partial charge in [0, 0.05) is 6.42 Å². The Morgan fingerprint density at radius 1 is 1.64 bits per heavy atom. The molecule has 0 saturated carbocycles. The molecular weight excluding hydrogens is 140 g/mol. The predicted molar refractivity (Wildman–Crippen MR) is 43.3 cm³/mol. The first-order chi connectivity index (χ1) is 5.13. The van der Waals surface area contributed by atoms with E-state index in [1.807, 2.05) is 13.0 Å². The summed E-state index contributed by atoms with van der Waals surface area (Å²) in [6, 6.07) is 0. The normalized spacial score (nSPS) is 18.2. The molecule has 0 bridgehead atoms. The van der Waals surface area contributed by atoms with Crippen molar-refractivity contribution in [2.75, 3.05) is 0 Å². The van der Waals surface area contributed by atoms with Crippen LogP contribution in [0.3, 0.4) is 0 Å². The molecule has 0 spiro atoms. The van der Waals surface area contributed by atoms with Gasteiger partial charge in [-0.05, 0) is 25.8 Å². The van der Waals surface area contributed by atoms with Gasteiger partial charge in [-0.15, -0.1) is 0 Å². The van der Waals surface area contributed by atoms with E-state index >= 15 is 0 Å². The maximum absolute atomic E-state index is 11.0. The van der Waals surface area contributed by atoms with Crippen molar-refractivity contribution in [2.24, 2.45) is 0 Å². The number of aliphatic hydroxyl groups is 1. The zero-order valence-corrected chi connectivity index (χ0v) is 6.85. The molecule has 1 aliphatic carbocycles. The van der Waals surface area contributed by atoms with Crippen LogP contribution in [0.2, 0.25) is 0 Å². The van der Waals surface area contributed by atoms with E-state index in [9.17, 15) is 9.90 Å². The molecule has 2 heteroatoms. The monoisotopic (exact) mass is 152 g/mol. The van der Waals surface area contributed by atoms with Crippen LogP contribution in [0, 0.1) is 0 Å². The number of rotatable bonds is 1. The fraction of sp³-hybridized carbons (Fsp3) is 0.444. The summed E-state index contributed by atoms with van der Waals surface area (Å²) in [5, 5.41) is 9.33. The molecule has 0 heterocycles. The molecule has 2 nitrogen and oxygen atoms in total. The van der Waals surface area contributed by atoms with E-state index in [0.29, 0.717) is 12.0 Å². The van der Waals surface area contributed by atoms with Crippen LogP contribution >= 0.6 is 0 Å². The van der Waals surface area contributed by atoms with Crippen molar-refractivity contribution >= 4 is 5.78 Å². The number of carbonyl (C=O) groups excluding carboxylic acids is 1. The highest BCUT2D eigenvalue weighted by Gasteiger charge is 2.15. The Morgan fingerprint density at radius 2 is 2.27 bits per heavy atom. The van der Waals surface area contributed by atoms with Crippen molar-refractivity contribution in [3.05, 3.63) is 23.0 Å². The number of ketones is 1. The summed E-state index contributed by atoms with van der Waals surface area (Å²) in [6.07, 6.45) is 3.43. The van der Waals surface area contributed by atoms with Gasteiger partial charge in [0.15, 0.2) is 5.78 Å². The van der Waals surface area contributed by atoms with Crippen LogP contribution in [0.25, 0.3) is 0 Å². The number of aliphatic hydroxyl groups excluding tert-OH is 1. The SMILES string of the molecule is CC(=O)C1=C(O)CCC=C1C. The second kappa shape index (κ2) is 2.91. The van der Waals surface area contributed by atoms with Gasteiger partial charge in [-0.1, -0.05) is 6.08 Å². The Labute approximate surface area is 66.2 Å². The molecule has 1 aliphatic rings. The lowest BCUT2D eigenvalue weighted by atomic mass is 9.95. The van der Waals surface area contributed by atoms with Crippen LogP contribution in [0.15, 0.2) is 23.0 Å². The molecule has 0 aromatic rings. The van der Waals surface area contributed by atoms with E-state index in [4.69, 9.17) is 0 Å². The summed E-state index contributed by atoms with van der Waals surface area (Å²) >= 11 is 0. The van der Waals surface area contributed by atoms with Gasteiger partial charge in [-0.2, -0.15) is 0 Å². The van der Waals surface area contributed by atoms with Gasteiger partial charge in [0.25, 0.3) is 0 Å². The van der Waals surface area contributed by atoms with Crippen LogP contribution < -0.4 is 0 Å². The first-order valence-electron chi connectivity index (χ1n) is 3.73. The number of hydrogen-bond donors (Lipinski definition) is 1. The molecule has 11 heavy (non-hydrogen) atoms. The van der Waals surface area contributed by atoms with Crippen molar-refractivity contribution in [1.29, 1.82) is 0 Å². The number of carbonyl (C=O) groups is 1. The highest BCUT2D eigenvalue weighted by atomic mass is 16.3. The Hall–Kier alpha value is -1.05. The van der Waals surface area contributed by atoms with E-state index in [0.717, 1.165) is 12.0 Å². The first-order valence-corrected chi connectivity index (χ1v) is 3.73. The van der Waals surface area contributed by atoms with Crippen molar-refractivity contribution < 1.29 is 9.90 Å². The maximum atomic E-state index is 11.0. The van der Waals surface area contributed by atoms with Gasteiger partial charge in [0.2, 0.25) is 0 Å². The summed E-state index contributed by atoms with van der Waals surface area (Å²) in [6.45, 7) is 3.33. The molecule has 0 amide bonds. The minimum absolute atomic E-state index is 0.0454. The maximum Gasteiger partial charge on any atom is 0.163 e.